The number of hydrogen-bond acceptors (Lipinski definition) is 1. The van der Waals surface area contributed by atoms with Gasteiger partial charge in [0.1, 0.15) is 5.69 Å². The van der Waals surface area contributed by atoms with Crippen molar-refractivity contribution in [1.29, 1.82) is 0 Å². The molecule has 0 aliphatic rings. The number of halogens is 16. The Hall–Kier alpha value is -1.86. The molecule has 0 atom stereocenters. The first kappa shape index (κ1) is 29.2. The molecule has 0 aromatic carbocycles. The summed E-state index contributed by atoms with van der Waals surface area (Å²) in [6.45, 7) is 0. The predicted molar refractivity (Wildman–Crippen MR) is 75.7 cm³/mol. The molecule has 0 aliphatic carbocycles. The third-order valence-corrected chi connectivity index (χ3v) is 4.83. The Kier molecular flexibility index (Phi) is 6.93. The summed E-state index contributed by atoms with van der Waals surface area (Å²) in [5.74, 6) is -44.5. The van der Waals surface area contributed by atoms with Crippen LogP contribution in [0.2, 0.25) is 0 Å². The molecule has 1 radical (unpaired) electrons. The smallest absolute Gasteiger partial charge is 0.334 e. The van der Waals surface area contributed by atoms with Crippen molar-refractivity contribution in [3.63, 3.8) is 0 Å². The van der Waals surface area contributed by atoms with Crippen LogP contribution < -0.4 is 0 Å². The molecule has 0 fully saturated rings. The summed E-state index contributed by atoms with van der Waals surface area (Å²) in [6.07, 6.45) is -7.74. The van der Waals surface area contributed by atoms with Crippen molar-refractivity contribution in [3.8, 4) is 0 Å². The van der Waals surface area contributed by atoms with Crippen molar-refractivity contribution in [2.75, 3.05) is 0 Å². The molecule has 0 aliphatic heterocycles. The summed E-state index contributed by atoms with van der Waals surface area (Å²) in [5, 5.41) is 8.52. The van der Waals surface area contributed by atoms with Gasteiger partial charge >= 0.3 is 47.7 Å². The SMILES string of the molecule is Cn1c(Br)ccc1C(=O)N([O])C(F)(F)C(F)(F)C(F)(F)C(F)(F)C(F)(F)C(F)(F)C(F)(F)F. The van der Waals surface area contributed by atoms with Gasteiger partial charge in [0.2, 0.25) is 0 Å². The van der Waals surface area contributed by atoms with E-state index in [9.17, 15) is 75.9 Å². The number of nitrogens with zero attached hydrogens (tertiary/aromatic N) is 2. The van der Waals surface area contributed by atoms with Gasteiger partial charge in [-0.15, -0.1) is 5.06 Å². The van der Waals surface area contributed by atoms with Gasteiger partial charge in [-0.2, -0.15) is 65.9 Å². The van der Waals surface area contributed by atoms with Gasteiger partial charge in [0, 0.05) is 7.05 Å². The van der Waals surface area contributed by atoms with E-state index in [0.29, 0.717) is 10.6 Å². The highest BCUT2D eigenvalue weighted by Crippen LogP contribution is 2.62. The maximum absolute atomic E-state index is 13.8. The standard InChI is InChI=1S/C13H5BrF15N2O2/c1-30-4(2-3-5(30)14)6(32)31(33)13(28,29)11(23,24)9(19,20)7(15,16)8(17,18)10(21,22)12(25,26)27/h2-3H,1H3. The lowest BCUT2D eigenvalue weighted by atomic mass is 9.93. The molecule has 191 valence electrons. The second-order valence-corrected chi connectivity index (χ2v) is 6.92. The van der Waals surface area contributed by atoms with Crippen LogP contribution in [0, 0.1) is 0 Å². The molecule has 1 rings (SSSR count). The van der Waals surface area contributed by atoms with Gasteiger partial charge in [0.05, 0.1) is 4.60 Å². The summed E-state index contributed by atoms with van der Waals surface area (Å²) in [4.78, 5) is 11.6. The van der Waals surface area contributed by atoms with E-state index in [1.807, 2.05) is 0 Å². The minimum Gasteiger partial charge on any atom is -0.334 e. The molecule has 1 heterocycles. The van der Waals surface area contributed by atoms with Crippen molar-refractivity contribution >= 4 is 21.8 Å². The zero-order valence-electron chi connectivity index (χ0n) is 14.9. The highest BCUT2D eigenvalue weighted by Gasteiger charge is 2.94. The number of aromatic nitrogens is 1. The number of amides is 1. The predicted octanol–water partition coefficient (Wildman–Crippen LogP) is 5.91. The number of rotatable bonds is 7. The first-order valence-electron chi connectivity index (χ1n) is 7.41. The maximum Gasteiger partial charge on any atom is 0.460 e. The lowest BCUT2D eigenvalue weighted by Gasteiger charge is -2.41. The van der Waals surface area contributed by atoms with Crippen LogP contribution in [0.5, 0.6) is 0 Å². The molecule has 0 spiro atoms. The molecule has 0 saturated carbocycles. The summed E-state index contributed by atoms with van der Waals surface area (Å²) >= 11 is 2.63. The van der Waals surface area contributed by atoms with Crippen molar-refractivity contribution in [3.05, 3.63) is 22.4 Å². The summed E-state index contributed by atoms with van der Waals surface area (Å²) < 4.78 is 197. The van der Waals surface area contributed by atoms with Crippen LogP contribution in [-0.4, -0.2) is 57.4 Å². The lowest BCUT2D eigenvalue weighted by Crippen LogP contribution is -2.74. The van der Waals surface area contributed by atoms with E-state index in [4.69, 9.17) is 0 Å². The molecule has 33 heavy (non-hydrogen) atoms. The molecule has 0 unspecified atom stereocenters. The fourth-order valence-electron chi connectivity index (χ4n) is 2.02. The molecule has 0 N–H and O–H groups in total. The van der Waals surface area contributed by atoms with Crippen molar-refractivity contribution in [2.45, 2.75) is 41.8 Å². The normalized spacial score (nSPS) is 15.1. The number of carbonyl (C=O) groups excluding carboxylic acids is 1. The molecular weight excluding hydrogens is 581 g/mol. The summed E-state index contributed by atoms with van der Waals surface area (Å²) in [7, 11) is 0.796. The van der Waals surface area contributed by atoms with Crippen molar-refractivity contribution in [2.24, 2.45) is 7.05 Å². The largest absolute Gasteiger partial charge is 0.460 e. The molecule has 1 amide bonds. The van der Waals surface area contributed by atoms with Gasteiger partial charge < -0.3 is 4.57 Å². The first-order chi connectivity index (χ1) is 14.2. The van der Waals surface area contributed by atoms with Gasteiger partial charge in [-0.3, -0.25) is 4.79 Å². The molecule has 4 nitrogen and oxygen atoms in total. The Morgan fingerprint density at radius 1 is 0.727 bits per heavy atom. The van der Waals surface area contributed by atoms with Crippen LogP contribution in [0.4, 0.5) is 65.9 Å². The second kappa shape index (κ2) is 7.84. The Morgan fingerprint density at radius 2 is 1.09 bits per heavy atom. The summed E-state index contributed by atoms with van der Waals surface area (Å²) in [5.41, 5.74) is -1.28. The minimum absolute atomic E-state index is 0.222. The van der Waals surface area contributed by atoms with E-state index in [1.165, 1.54) is 0 Å². The number of hydrogen-bond donors (Lipinski definition) is 0. The summed E-state index contributed by atoms with van der Waals surface area (Å²) in [6, 6.07) is -6.13. The average Bonchev–Trinajstić information content (AvgIpc) is 2.97. The van der Waals surface area contributed by atoms with Crippen molar-refractivity contribution < 1.29 is 75.9 Å². The monoisotopic (exact) mass is 585 g/mol. The van der Waals surface area contributed by atoms with Crippen LogP contribution in [0.25, 0.3) is 0 Å². The van der Waals surface area contributed by atoms with Crippen LogP contribution in [0.1, 0.15) is 10.5 Å². The zero-order chi connectivity index (χ0) is 26.8. The Labute approximate surface area is 179 Å². The highest BCUT2D eigenvalue weighted by molar-refractivity contribution is 9.10. The fourth-order valence-corrected chi connectivity index (χ4v) is 2.34. The van der Waals surface area contributed by atoms with E-state index in [-0.39, 0.29) is 4.60 Å². The molecule has 1 aromatic heterocycles. The van der Waals surface area contributed by atoms with Crippen LogP contribution >= 0.6 is 15.9 Å². The van der Waals surface area contributed by atoms with E-state index in [0.717, 1.165) is 13.1 Å². The minimum atomic E-state index is -8.55. The second-order valence-electron chi connectivity index (χ2n) is 6.11. The van der Waals surface area contributed by atoms with Gasteiger partial charge in [-0.05, 0) is 28.1 Å². The van der Waals surface area contributed by atoms with Crippen molar-refractivity contribution in [1.82, 2.24) is 9.63 Å². The molecule has 0 bridgehead atoms. The Bertz CT molecular complexity index is 908. The first-order valence-corrected chi connectivity index (χ1v) is 8.21. The lowest BCUT2D eigenvalue weighted by molar-refractivity contribution is -0.471. The van der Waals surface area contributed by atoms with Gasteiger partial charge in [-0.25, -0.2) is 0 Å². The zero-order valence-corrected chi connectivity index (χ0v) is 16.5. The van der Waals surface area contributed by atoms with Crippen LogP contribution in [0.3, 0.4) is 0 Å². The van der Waals surface area contributed by atoms with E-state index in [2.05, 4.69) is 15.9 Å². The van der Waals surface area contributed by atoms with Gasteiger partial charge in [0.25, 0.3) is 0 Å². The van der Waals surface area contributed by atoms with Crippen LogP contribution in [-0.2, 0) is 12.3 Å². The third kappa shape index (κ3) is 3.81. The number of carbonyl (C=O) groups is 1. The highest BCUT2D eigenvalue weighted by atomic mass is 79.9. The van der Waals surface area contributed by atoms with Crippen LogP contribution in [0.15, 0.2) is 16.7 Å². The number of alkyl halides is 15. The molecular formula is C13H5BrF15N2O2. The maximum atomic E-state index is 13.8. The molecule has 20 heteroatoms. The molecule has 1 aromatic rings. The third-order valence-electron chi connectivity index (χ3n) is 4.03. The van der Waals surface area contributed by atoms with Gasteiger partial charge in [-0.1, -0.05) is 5.21 Å². The topological polar surface area (TPSA) is 45.1 Å². The average molecular weight is 586 g/mol. The van der Waals surface area contributed by atoms with E-state index >= 15 is 0 Å². The quantitative estimate of drug-likeness (QED) is 0.223. The molecule has 0 saturated heterocycles. The fraction of sp³-hybridized carbons (Fsp3) is 0.615. The van der Waals surface area contributed by atoms with E-state index < -0.39 is 58.5 Å². The van der Waals surface area contributed by atoms with Gasteiger partial charge in [0.15, 0.2) is 0 Å². The van der Waals surface area contributed by atoms with E-state index in [1.54, 1.807) is 0 Å². The Morgan fingerprint density at radius 3 is 1.42 bits per heavy atom. The Balaban J connectivity index is 3.60. The number of hydroxylamine groups is 2.